The van der Waals surface area contributed by atoms with E-state index in [-0.39, 0.29) is 47.7 Å². The van der Waals surface area contributed by atoms with Crippen molar-refractivity contribution < 1.29 is 36.7 Å². The molecule has 0 radical (unpaired) electrons. The number of aliphatic hydroxyl groups is 1. The zero-order chi connectivity index (χ0) is 34.8. The standard InChI is InChI=1S/C32H47F2N5O6S/c1-8-11-38(12-9-2)32(43)25-17-23(16-24(18-25)31(42)37(6)7)30(41)35-28(15-22-13-26(33)19-27(34)14-22)29(40)20-39(10-3)36-46(44,45)21(4)5/h13-14,16-19,21,28-29,36,40H,8-12,15,20H2,1-7H3,(H,35,41). The second-order valence-corrected chi connectivity index (χ2v) is 13.9. The number of rotatable bonds is 17. The van der Waals surface area contributed by atoms with Gasteiger partial charge in [0.2, 0.25) is 10.0 Å². The number of nitrogens with one attached hydrogen (secondary N) is 2. The summed E-state index contributed by atoms with van der Waals surface area (Å²) in [7, 11) is -0.687. The van der Waals surface area contributed by atoms with Crippen LogP contribution in [0.2, 0.25) is 0 Å². The Morgan fingerprint density at radius 2 is 1.37 bits per heavy atom. The van der Waals surface area contributed by atoms with Gasteiger partial charge in [-0.1, -0.05) is 20.8 Å². The highest BCUT2D eigenvalue weighted by atomic mass is 32.2. The summed E-state index contributed by atoms with van der Waals surface area (Å²) in [6.45, 7) is 9.35. The lowest BCUT2D eigenvalue weighted by Gasteiger charge is -2.30. The van der Waals surface area contributed by atoms with Crippen LogP contribution in [0.15, 0.2) is 36.4 Å². The molecular weight excluding hydrogens is 620 g/mol. The summed E-state index contributed by atoms with van der Waals surface area (Å²) >= 11 is 0. The first-order valence-electron chi connectivity index (χ1n) is 15.4. The Morgan fingerprint density at radius 3 is 1.85 bits per heavy atom. The minimum atomic E-state index is -3.76. The predicted octanol–water partition coefficient (Wildman–Crippen LogP) is 3.20. The molecule has 3 N–H and O–H groups in total. The van der Waals surface area contributed by atoms with Crippen molar-refractivity contribution in [2.45, 2.75) is 71.3 Å². The molecule has 2 rings (SSSR count). The SMILES string of the molecule is CCCN(CCC)C(=O)c1cc(C(=O)NC(Cc2cc(F)cc(F)c2)C(O)CN(CC)NS(=O)(=O)C(C)C)cc(C(=O)N(C)C)c1. The van der Waals surface area contributed by atoms with E-state index < -0.39 is 50.9 Å². The predicted molar refractivity (Wildman–Crippen MR) is 173 cm³/mol. The van der Waals surface area contributed by atoms with Gasteiger partial charge in [-0.2, -0.15) is 0 Å². The van der Waals surface area contributed by atoms with Crippen LogP contribution in [-0.2, 0) is 16.4 Å². The van der Waals surface area contributed by atoms with Gasteiger partial charge in [0, 0.05) is 63.0 Å². The molecule has 0 aromatic heterocycles. The highest BCUT2D eigenvalue weighted by molar-refractivity contribution is 7.90. The van der Waals surface area contributed by atoms with E-state index in [1.165, 1.54) is 56.1 Å². The number of hydrogen-bond acceptors (Lipinski definition) is 7. The number of halogens is 2. The van der Waals surface area contributed by atoms with E-state index in [4.69, 9.17) is 0 Å². The Hall–Kier alpha value is -3.46. The number of benzene rings is 2. The molecule has 46 heavy (non-hydrogen) atoms. The van der Waals surface area contributed by atoms with Crippen molar-refractivity contribution in [1.29, 1.82) is 0 Å². The number of sulfonamides is 1. The molecule has 11 nitrogen and oxygen atoms in total. The van der Waals surface area contributed by atoms with Crippen LogP contribution in [0.4, 0.5) is 8.78 Å². The van der Waals surface area contributed by atoms with Gasteiger partial charge < -0.3 is 20.2 Å². The molecule has 0 spiro atoms. The van der Waals surface area contributed by atoms with Crippen molar-refractivity contribution in [1.82, 2.24) is 25.0 Å². The summed E-state index contributed by atoms with van der Waals surface area (Å²) in [5.74, 6) is -3.25. The van der Waals surface area contributed by atoms with Crippen molar-refractivity contribution in [2.24, 2.45) is 0 Å². The normalized spacial score (nSPS) is 13.0. The molecule has 2 aromatic carbocycles. The molecule has 0 fully saturated rings. The maximum atomic E-state index is 14.1. The van der Waals surface area contributed by atoms with Crippen molar-refractivity contribution in [3.05, 3.63) is 70.3 Å². The molecular formula is C32H47F2N5O6S. The lowest BCUT2D eigenvalue weighted by Crippen LogP contribution is -2.54. The third-order valence-electron chi connectivity index (χ3n) is 7.19. The monoisotopic (exact) mass is 667 g/mol. The average Bonchev–Trinajstić information content (AvgIpc) is 2.98. The van der Waals surface area contributed by atoms with Gasteiger partial charge in [-0.05, 0) is 69.0 Å². The van der Waals surface area contributed by atoms with Gasteiger partial charge in [-0.3, -0.25) is 14.4 Å². The third-order valence-corrected chi connectivity index (χ3v) is 8.95. The number of nitrogens with zero attached hydrogens (tertiary/aromatic N) is 3. The minimum Gasteiger partial charge on any atom is -0.390 e. The summed E-state index contributed by atoms with van der Waals surface area (Å²) < 4.78 is 53.1. The highest BCUT2D eigenvalue weighted by Crippen LogP contribution is 2.18. The summed E-state index contributed by atoms with van der Waals surface area (Å²) in [6.07, 6.45) is -0.239. The summed E-state index contributed by atoms with van der Waals surface area (Å²) in [5.41, 5.74) is 0.317. The van der Waals surface area contributed by atoms with E-state index in [1.807, 2.05) is 13.8 Å². The maximum absolute atomic E-state index is 14.1. The molecule has 256 valence electrons. The fraction of sp³-hybridized carbons (Fsp3) is 0.531. The number of likely N-dealkylation sites (N-methyl/N-ethyl adjacent to an activating group) is 1. The molecule has 0 aliphatic heterocycles. The van der Waals surface area contributed by atoms with Gasteiger partial charge in [0.05, 0.1) is 17.4 Å². The molecule has 2 atom stereocenters. The molecule has 0 saturated heterocycles. The van der Waals surface area contributed by atoms with Crippen LogP contribution in [0.3, 0.4) is 0 Å². The number of carbonyl (C=O) groups is 3. The van der Waals surface area contributed by atoms with E-state index >= 15 is 0 Å². The van der Waals surface area contributed by atoms with Gasteiger partial charge >= 0.3 is 0 Å². The lowest BCUT2D eigenvalue weighted by atomic mass is 9.99. The van der Waals surface area contributed by atoms with Crippen LogP contribution >= 0.6 is 0 Å². The smallest absolute Gasteiger partial charge is 0.253 e. The Labute approximate surface area is 271 Å². The first-order valence-corrected chi connectivity index (χ1v) is 16.9. The topological polar surface area (TPSA) is 139 Å². The summed E-state index contributed by atoms with van der Waals surface area (Å²) in [4.78, 5) is 45.6. The highest BCUT2D eigenvalue weighted by Gasteiger charge is 2.28. The van der Waals surface area contributed by atoms with Gasteiger partial charge in [-0.15, -0.1) is 4.83 Å². The molecule has 0 aliphatic rings. The number of aliphatic hydroxyl groups excluding tert-OH is 1. The number of hydrogen-bond donors (Lipinski definition) is 3. The first-order chi connectivity index (χ1) is 21.5. The quantitative estimate of drug-likeness (QED) is 0.220. The van der Waals surface area contributed by atoms with Crippen LogP contribution in [0.5, 0.6) is 0 Å². The Kier molecular flexibility index (Phi) is 14.7. The minimum absolute atomic E-state index is 0.0422. The molecule has 0 saturated carbocycles. The number of hydrazine groups is 1. The summed E-state index contributed by atoms with van der Waals surface area (Å²) in [6, 6.07) is 5.78. The molecule has 3 amide bonds. The van der Waals surface area contributed by atoms with Crippen molar-refractivity contribution in [2.75, 3.05) is 40.3 Å². The molecule has 14 heteroatoms. The van der Waals surface area contributed by atoms with Crippen LogP contribution in [-0.4, -0.2) is 104 Å². The Morgan fingerprint density at radius 1 is 0.848 bits per heavy atom. The van der Waals surface area contributed by atoms with Crippen molar-refractivity contribution in [3.63, 3.8) is 0 Å². The largest absolute Gasteiger partial charge is 0.390 e. The fourth-order valence-electron chi connectivity index (χ4n) is 4.69. The first kappa shape index (κ1) is 38.7. The maximum Gasteiger partial charge on any atom is 0.253 e. The second kappa shape index (κ2) is 17.5. The van der Waals surface area contributed by atoms with Crippen molar-refractivity contribution in [3.8, 4) is 0 Å². The van der Waals surface area contributed by atoms with Crippen molar-refractivity contribution >= 4 is 27.7 Å². The summed E-state index contributed by atoms with van der Waals surface area (Å²) in [5, 5.41) is 14.5. The molecule has 2 unspecified atom stereocenters. The lowest BCUT2D eigenvalue weighted by molar-refractivity contribution is 0.0634. The third kappa shape index (κ3) is 11.1. The van der Waals surface area contributed by atoms with Crippen LogP contribution in [0, 0.1) is 11.6 Å². The van der Waals surface area contributed by atoms with E-state index in [0.717, 1.165) is 12.1 Å². The van der Waals surface area contributed by atoms with Crippen LogP contribution in [0.1, 0.15) is 84.1 Å². The van der Waals surface area contributed by atoms with E-state index in [9.17, 15) is 36.7 Å². The Balaban J connectivity index is 2.54. The van der Waals surface area contributed by atoms with E-state index in [0.29, 0.717) is 32.0 Å². The van der Waals surface area contributed by atoms with E-state index in [2.05, 4.69) is 10.1 Å². The zero-order valence-electron chi connectivity index (χ0n) is 27.6. The van der Waals surface area contributed by atoms with E-state index in [1.54, 1.807) is 11.8 Å². The molecule has 2 aromatic rings. The fourth-order valence-corrected chi connectivity index (χ4v) is 5.46. The number of carbonyl (C=O) groups excluding carboxylic acids is 3. The molecule has 0 bridgehead atoms. The van der Waals surface area contributed by atoms with Gasteiger partial charge in [0.15, 0.2) is 0 Å². The van der Waals surface area contributed by atoms with Crippen LogP contribution < -0.4 is 10.1 Å². The zero-order valence-corrected chi connectivity index (χ0v) is 28.5. The second-order valence-electron chi connectivity index (χ2n) is 11.6. The van der Waals surface area contributed by atoms with Crippen LogP contribution in [0.25, 0.3) is 0 Å². The average molecular weight is 668 g/mol. The molecule has 0 aliphatic carbocycles. The van der Waals surface area contributed by atoms with Gasteiger partial charge in [-0.25, -0.2) is 22.2 Å². The van der Waals surface area contributed by atoms with Gasteiger partial charge in [0.1, 0.15) is 11.6 Å². The Bertz CT molecular complexity index is 1440. The molecule has 0 heterocycles. The van der Waals surface area contributed by atoms with Gasteiger partial charge in [0.25, 0.3) is 17.7 Å². The number of amides is 3.